The Labute approximate surface area is 125 Å². The van der Waals surface area contributed by atoms with Crippen LogP contribution in [0.15, 0.2) is 42.5 Å². The lowest BCUT2D eigenvalue weighted by molar-refractivity contribution is 0.0697. The molecule has 0 atom stereocenters. The van der Waals surface area contributed by atoms with Gasteiger partial charge in [-0.2, -0.15) is 0 Å². The first-order valence-corrected chi connectivity index (χ1v) is 7.02. The van der Waals surface area contributed by atoms with Crippen LogP contribution in [0.1, 0.15) is 29.8 Å². The summed E-state index contributed by atoms with van der Waals surface area (Å²) in [7, 11) is 1.57. The fraction of sp³-hybridized carbons (Fsp3) is 0.278. The van der Waals surface area contributed by atoms with Gasteiger partial charge in [-0.3, -0.25) is 0 Å². The van der Waals surface area contributed by atoms with E-state index in [1.54, 1.807) is 25.3 Å². The van der Waals surface area contributed by atoms with E-state index in [2.05, 4.69) is 26.0 Å². The highest BCUT2D eigenvalue weighted by Gasteiger charge is 2.13. The molecule has 0 aliphatic carbocycles. The molecule has 0 saturated heterocycles. The molecule has 0 heterocycles. The van der Waals surface area contributed by atoms with Gasteiger partial charge in [0.05, 0.1) is 12.7 Å². The summed E-state index contributed by atoms with van der Waals surface area (Å²) in [5, 5.41) is 9.32. The molecule has 0 aliphatic rings. The number of hydrogen-bond acceptors (Lipinski definition) is 2. The highest BCUT2D eigenvalue weighted by Crippen LogP contribution is 2.28. The molecule has 2 rings (SSSR count). The molecule has 0 radical (unpaired) electrons. The van der Waals surface area contributed by atoms with E-state index in [0.717, 1.165) is 12.0 Å². The lowest BCUT2D eigenvalue weighted by Crippen LogP contribution is -2.00. The van der Waals surface area contributed by atoms with Gasteiger partial charge in [0.1, 0.15) is 5.75 Å². The molecule has 1 N–H and O–H groups in total. The van der Waals surface area contributed by atoms with Gasteiger partial charge in [0.2, 0.25) is 0 Å². The third kappa shape index (κ3) is 3.63. The van der Waals surface area contributed by atoms with Gasteiger partial charge in [0, 0.05) is 0 Å². The van der Waals surface area contributed by atoms with Gasteiger partial charge in [-0.15, -0.1) is 0 Å². The first-order chi connectivity index (χ1) is 10.0. The van der Waals surface area contributed by atoms with Crippen molar-refractivity contribution in [3.8, 4) is 16.9 Å². The second-order valence-corrected chi connectivity index (χ2v) is 5.51. The maximum Gasteiger partial charge on any atom is 0.336 e. The molecule has 0 spiro atoms. The minimum absolute atomic E-state index is 0.285. The summed E-state index contributed by atoms with van der Waals surface area (Å²) in [6, 6.07) is 13.1. The summed E-state index contributed by atoms with van der Waals surface area (Å²) >= 11 is 0. The molecule has 2 aromatic rings. The van der Waals surface area contributed by atoms with E-state index in [1.807, 2.05) is 12.1 Å². The first kappa shape index (κ1) is 15.1. The van der Waals surface area contributed by atoms with Gasteiger partial charge in [0.15, 0.2) is 0 Å². The van der Waals surface area contributed by atoms with E-state index in [4.69, 9.17) is 4.74 Å². The molecule has 3 heteroatoms. The van der Waals surface area contributed by atoms with Crippen LogP contribution in [-0.4, -0.2) is 18.2 Å². The molecule has 0 fully saturated rings. The van der Waals surface area contributed by atoms with Crippen LogP contribution < -0.4 is 4.74 Å². The van der Waals surface area contributed by atoms with Crippen molar-refractivity contribution in [3.05, 3.63) is 53.6 Å². The SMILES string of the molecule is COc1ccc(C(=O)O)c(-c2ccc(CC(C)C)cc2)c1. The normalized spacial score (nSPS) is 10.7. The monoisotopic (exact) mass is 284 g/mol. The van der Waals surface area contributed by atoms with Crippen molar-refractivity contribution < 1.29 is 14.6 Å². The topological polar surface area (TPSA) is 46.5 Å². The van der Waals surface area contributed by atoms with Crippen LogP contribution in [0.3, 0.4) is 0 Å². The molecule has 0 amide bonds. The summed E-state index contributed by atoms with van der Waals surface area (Å²) in [4.78, 5) is 11.4. The van der Waals surface area contributed by atoms with Crippen molar-refractivity contribution in [2.45, 2.75) is 20.3 Å². The summed E-state index contributed by atoms with van der Waals surface area (Å²) < 4.78 is 5.19. The Morgan fingerprint density at radius 1 is 1.14 bits per heavy atom. The van der Waals surface area contributed by atoms with Crippen LogP contribution in [0.4, 0.5) is 0 Å². The van der Waals surface area contributed by atoms with Gasteiger partial charge in [-0.1, -0.05) is 38.1 Å². The van der Waals surface area contributed by atoms with Gasteiger partial charge >= 0.3 is 5.97 Å². The fourth-order valence-electron chi connectivity index (χ4n) is 2.37. The predicted octanol–water partition coefficient (Wildman–Crippen LogP) is 4.26. The molecule has 0 aliphatic heterocycles. The van der Waals surface area contributed by atoms with Gasteiger partial charge in [-0.25, -0.2) is 4.79 Å². The maximum absolute atomic E-state index is 11.4. The standard InChI is InChI=1S/C18H20O3/c1-12(2)10-13-4-6-14(7-5-13)17-11-15(21-3)8-9-16(17)18(19)20/h4-9,11-12H,10H2,1-3H3,(H,19,20). The number of aromatic carboxylic acids is 1. The van der Waals surface area contributed by atoms with Crippen molar-refractivity contribution in [1.82, 2.24) is 0 Å². The molecule has 0 aromatic heterocycles. The van der Waals surface area contributed by atoms with Crippen molar-refractivity contribution in [2.24, 2.45) is 5.92 Å². The Hall–Kier alpha value is -2.29. The molecule has 0 unspecified atom stereocenters. The van der Waals surface area contributed by atoms with Gasteiger partial charge in [-0.05, 0) is 47.2 Å². The number of carboxylic acid groups (broad SMARTS) is 1. The minimum atomic E-state index is -0.932. The second kappa shape index (κ2) is 6.44. The molecular formula is C18H20O3. The molecule has 0 saturated carbocycles. The Bertz CT molecular complexity index is 627. The average molecular weight is 284 g/mol. The van der Waals surface area contributed by atoms with E-state index in [1.165, 1.54) is 5.56 Å². The number of carboxylic acids is 1. The highest BCUT2D eigenvalue weighted by atomic mass is 16.5. The van der Waals surface area contributed by atoms with Crippen molar-refractivity contribution in [2.75, 3.05) is 7.11 Å². The van der Waals surface area contributed by atoms with Gasteiger partial charge in [0.25, 0.3) is 0 Å². The Morgan fingerprint density at radius 2 is 1.81 bits per heavy atom. The first-order valence-electron chi connectivity index (χ1n) is 7.02. The largest absolute Gasteiger partial charge is 0.497 e. The minimum Gasteiger partial charge on any atom is -0.497 e. The lowest BCUT2D eigenvalue weighted by Gasteiger charge is -2.10. The number of hydrogen-bond donors (Lipinski definition) is 1. The van der Waals surface area contributed by atoms with Crippen LogP contribution in [0.5, 0.6) is 5.75 Å². The van der Waals surface area contributed by atoms with Crippen LogP contribution in [0, 0.1) is 5.92 Å². The Kier molecular flexibility index (Phi) is 4.63. The molecule has 0 bridgehead atoms. The molecule has 2 aromatic carbocycles. The fourth-order valence-corrected chi connectivity index (χ4v) is 2.37. The predicted molar refractivity (Wildman–Crippen MR) is 83.9 cm³/mol. The van der Waals surface area contributed by atoms with E-state index >= 15 is 0 Å². The van der Waals surface area contributed by atoms with Gasteiger partial charge < -0.3 is 9.84 Å². The smallest absolute Gasteiger partial charge is 0.336 e. The lowest BCUT2D eigenvalue weighted by atomic mass is 9.96. The van der Waals surface area contributed by atoms with Crippen molar-refractivity contribution >= 4 is 5.97 Å². The number of rotatable bonds is 5. The zero-order chi connectivity index (χ0) is 15.4. The highest BCUT2D eigenvalue weighted by molar-refractivity contribution is 5.96. The van der Waals surface area contributed by atoms with E-state index in [-0.39, 0.29) is 5.56 Å². The number of ether oxygens (including phenoxy) is 1. The Morgan fingerprint density at radius 3 is 2.33 bits per heavy atom. The number of benzene rings is 2. The van der Waals surface area contributed by atoms with E-state index < -0.39 is 5.97 Å². The summed E-state index contributed by atoms with van der Waals surface area (Å²) in [5.41, 5.74) is 3.11. The van der Waals surface area contributed by atoms with E-state index in [9.17, 15) is 9.90 Å². The van der Waals surface area contributed by atoms with Crippen molar-refractivity contribution in [1.29, 1.82) is 0 Å². The summed E-state index contributed by atoms with van der Waals surface area (Å²) in [6.07, 6.45) is 1.02. The zero-order valence-corrected chi connectivity index (χ0v) is 12.6. The molecule has 3 nitrogen and oxygen atoms in total. The maximum atomic E-state index is 11.4. The number of methoxy groups -OCH3 is 1. The third-order valence-corrected chi connectivity index (χ3v) is 3.37. The van der Waals surface area contributed by atoms with Crippen LogP contribution in [-0.2, 0) is 6.42 Å². The zero-order valence-electron chi connectivity index (χ0n) is 12.6. The number of carbonyl (C=O) groups is 1. The average Bonchev–Trinajstić information content (AvgIpc) is 2.46. The summed E-state index contributed by atoms with van der Waals surface area (Å²) in [6.45, 7) is 4.36. The van der Waals surface area contributed by atoms with Crippen molar-refractivity contribution in [3.63, 3.8) is 0 Å². The third-order valence-electron chi connectivity index (χ3n) is 3.37. The van der Waals surface area contributed by atoms with E-state index in [0.29, 0.717) is 17.2 Å². The van der Waals surface area contributed by atoms with Crippen LogP contribution in [0.2, 0.25) is 0 Å². The second-order valence-electron chi connectivity index (χ2n) is 5.51. The van der Waals surface area contributed by atoms with Crippen LogP contribution in [0.25, 0.3) is 11.1 Å². The quantitative estimate of drug-likeness (QED) is 0.892. The van der Waals surface area contributed by atoms with Crippen LogP contribution >= 0.6 is 0 Å². The molecular weight excluding hydrogens is 264 g/mol. The molecule has 21 heavy (non-hydrogen) atoms. The summed E-state index contributed by atoms with van der Waals surface area (Å²) in [5.74, 6) is 0.322. The Balaban J connectivity index is 2.42. The molecule has 110 valence electrons.